The Bertz CT molecular complexity index is 475. The van der Waals surface area contributed by atoms with Crippen molar-refractivity contribution >= 4 is 11.7 Å². The number of nitrogens with zero attached hydrogens (tertiary/aromatic N) is 2. The van der Waals surface area contributed by atoms with Crippen LogP contribution in [0.2, 0.25) is 0 Å². The number of aliphatic carboxylic acids is 1. The quantitative estimate of drug-likeness (QED) is 0.885. The van der Waals surface area contributed by atoms with Crippen LogP contribution in [0.15, 0.2) is 24.3 Å². The van der Waals surface area contributed by atoms with Crippen molar-refractivity contribution in [2.24, 2.45) is 5.92 Å². The predicted molar refractivity (Wildman–Crippen MR) is 74.0 cm³/mol. The van der Waals surface area contributed by atoms with Crippen LogP contribution in [0, 0.1) is 5.92 Å². The second-order valence-electron chi connectivity index (χ2n) is 5.42. The van der Waals surface area contributed by atoms with Crippen LogP contribution < -0.4 is 5.01 Å². The zero-order valence-electron chi connectivity index (χ0n) is 11.1. The molecule has 2 aliphatic heterocycles. The Morgan fingerprint density at radius 3 is 2.84 bits per heavy atom. The summed E-state index contributed by atoms with van der Waals surface area (Å²) >= 11 is 0. The smallest absolute Gasteiger partial charge is 0.306 e. The highest BCUT2D eigenvalue weighted by Gasteiger charge is 2.28. The highest BCUT2D eigenvalue weighted by Crippen LogP contribution is 2.30. The number of hydrogen-bond acceptors (Lipinski definition) is 3. The van der Waals surface area contributed by atoms with Crippen LogP contribution in [-0.2, 0) is 11.2 Å². The first-order valence-corrected chi connectivity index (χ1v) is 7.09. The maximum absolute atomic E-state index is 11.1. The van der Waals surface area contributed by atoms with Crippen LogP contribution in [0.3, 0.4) is 0 Å². The first kappa shape index (κ1) is 12.5. The lowest BCUT2D eigenvalue weighted by Crippen LogP contribution is -2.42. The minimum atomic E-state index is -0.635. The van der Waals surface area contributed by atoms with Crippen LogP contribution >= 0.6 is 0 Å². The van der Waals surface area contributed by atoms with Crippen molar-refractivity contribution in [2.45, 2.75) is 25.7 Å². The molecule has 0 spiro atoms. The lowest BCUT2D eigenvalue weighted by atomic mass is 10.0. The van der Waals surface area contributed by atoms with Crippen molar-refractivity contribution in [3.05, 3.63) is 29.8 Å². The molecule has 0 aromatic heterocycles. The second kappa shape index (κ2) is 5.21. The Balaban J connectivity index is 1.72. The van der Waals surface area contributed by atoms with Gasteiger partial charge in [0.05, 0.1) is 11.6 Å². The number of fused-ring (bicyclic) bond motifs is 1. The fourth-order valence-electron chi connectivity index (χ4n) is 3.18. The van der Waals surface area contributed by atoms with Gasteiger partial charge in [0.25, 0.3) is 0 Å². The van der Waals surface area contributed by atoms with E-state index in [1.165, 1.54) is 11.3 Å². The molecule has 1 N–H and O–H groups in total. The molecule has 1 aromatic rings. The van der Waals surface area contributed by atoms with E-state index in [9.17, 15) is 4.79 Å². The summed E-state index contributed by atoms with van der Waals surface area (Å²) in [4.78, 5) is 11.1. The van der Waals surface area contributed by atoms with Crippen molar-refractivity contribution in [3.63, 3.8) is 0 Å². The fraction of sp³-hybridized carbons (Fsp3) is 0.533. The van der Waals surface area contributed by atoms with Crippen LogP contribution in [-0.4, -0.2) is 35.7 Å². The lowest BCUT2D eigenvalue weighted by Gasteiger charge is -2.33. The van der Waals surface area contributed by atoms with Crippen LogP contribution in [0.25, 0.3) is 0 Å². The summed E-state index contributed by atoms with van der Waals surface area (Å²) in [5.41, 5.74) is 2.71. The van der Waals surface area contributed by atoms with E-state index in [4.69, 9.17) is 5.11 Å². The van der Waals surface area contributed by atoms with Crippen LogP contribution in [0.5, 0.6) is 0 Å². The van der Waals surface area contributed by atoms with Gasteiger partial charge in [0.2, 0.25) is 0 Å². The lowest BCUT2D eigenvalue weighted by molar-refractivity contribution is -0.142. The van der Waals surface area contributed by atoms with E-state index in [1.54, 1.807) is 0 Å². The molecular weight excluding hydrogens is 240 g/mol. The Morgan fingerprint density at radius 1 is 1.16 bits per heavy atom. The minimum absolute atomic E-state index is 0.164. The number of carbonyl (C=O) groups is 1. The molecule has 2 aliphatic rings. The fourth-order valence-corrected chi connectivity index (χ4v) is 3.18. The van der Waals surface area contributed by atoms with E-state index < -0.39 is 5.97 Å². The molecule has 1 fully saturated rings. The maximum Gasteiger partial charge on any atom is 0.306 e. The summed E-state index contributed by atoms with van der Waals surface area (Å²) in [6.45, 7) is 2.85. The van der Waals surface area contributed by atoms with Crippen LogP contribution in [0.1, 0.15) is 24.8 Å². The third-order valence-electron chi connectivity index (χ3n) is 4.26. The van der Waals surface area contributed by atoms with Crippen molar-refractivity contribution in [1.29, 1.82) is 0 Å². The molecule has 0 saturated carbocycles. The second-order valence-corrected chi connectivity index (χ2v) is 5.42. The van der Waals surface area contributed by atoms with E-state index in [1.807, 2.05) is 0 Å². The summed E-state index contributed by atoms with van der Waals surface area (Å²) in [5, 5.41) is 13.8. The predicted octanol–water partition coefficient (Wildman–Crippen LogP) is 2.15. The van der Waals surface area contributed by atoms with Gasteiger partial charge >= 0.3 is 5.97 Å². The Labute approximate surface area is 113 Å². The highest BCUT2D eigenvalue weighted by atomic mass is 16.4. The number of hydrogen-bond donors (Lipinski definition) is 1. The first-order chi connectivity index (χ1) is 9.25. The molecule has 0 radical (unpaired) electrons. The van der Waals surface area contributed by atoms with Crippen molar-refractivity contribution in [3.8, 4) is 0 Å². The van der Waals surface area contributed by atoms with Gasteiger partial charge in [-0.25, -0.2) is 5.01 Å². The molecule has 102 valence electrons. The van der Waals surface area contributed by atoms with Gasteiger partial charge in [-0.05, 0) is 37.3 Å². The summed E-state index contributed by atoms with van der Waals surface area (Å²) in [6.07, 6.45) is 3.62. The van der Waals surface area contributed by atoms with E-state index >= 15 is 0 Å². The van der Waals surface area contributed by atoms with E-state index in [0.29, 0.717) is 0 Å². The molecule has 1 unspecified atom stereocenters. The zero-order valence-corrected chi connectivity index (χ0v) is 11.1. The van der Waals surface area contributed by atoms with E-state index in [-0.39, 0.29) is 5.92 Å². The number of hydrazine groups is 1. The Morgan fingerprint density at radius 2 is 2.00 bits per heavy atom. The van der Waals surface area contributed by atoms with Crippen LogP contribution in [0.4, 0.5) is 5.69 Å². The zero-order chi connectivity index (χ0) is 13.2. The standard InChI is InChI=1S/C15H20N2O2/c18-15(19)13-5-3-9-16(10-7-13)17-11-8-12-4-1-2-6-14(12)17/h1-2,4,6,13H,3,5,7-11H2,(H,18,19). The normalized spacial score (nSPS) is 24.0. The van der Waals surface area contributed by atoms with Crippen molar-refractivity contribution in [1.82, 2.24) is 5.01 Å². The summed E-state index contributed by atoms with van der Waals surface area (Å²) in [5.74, 6) is -0.800. The van der Waals surface area contributed by atoms with E-state index in [0.717, 1.165) is 45.3 Å². The number of para-hydroxylation sites is 1. The van der Waals surface area contributed by atoms with Gasteiger partial charge in [-0.15, -0.1) is 0 Å². The van der Waals surface area contributed by atoms with Gasteiger partial charge in [0.1, 0.15) is 0 Å². The Kier molecular flexibility index (Phi) is 3.42. The average Bonchev–Trinajstić information content (AvgIpc) is 2.68. The molecule has 0 bridgehead atoms. The molecule has 19 heavy (non-hydrogen) atoms. The monoisotopic (exact) mass is 260 g/mol. The molecule has 0 aliphatic carbocycles. The van der Waals surface area contributed by atoms with Gasteiger partial charge in [0.15, 0.2) is 0 Å². The van der Waals surface area contributed by atoms with Gasteiger partial charge in [-0.1, -0.05) is 18.2 Å². The van der Waals surface area contributed by atoms with Crippen molar-refractivity contribution in [2.75, 3.05) is 24.6 Å². The topological polar surface area (TPSA) is 43.8 Å². The molecule has 1 saturated heterocycles. The third kappa shape index (κ3) is 2.45. The molecule has 1 aromatic carbocycles. The summed E-state index contributed by atoms with van der Waals surface area (Å²) < 4.78 is 0. The average molecular weight is 260 g/mol. The van der Waals surface area contributed by atoms with Gasteiger partial charge in [-0.2, -0.15) is 0 Å². The minimum Gasteiger partial charge on any atom is -0.481 e. The number of anilines is 1. The van der Waals surface area contributed by atoms with Gasteiger partial charge in [0, 0.05) is 19.6 Å². The summed E-state index contributed by atoms with van der Waals surface area (Å²) in [6, 6.07) is 8.52. The number of carboxylic acid groups (broad SMARTS) is 1. The SMILES string of the molecule is O=C(O)C1CCCN(N2CCc3ccccc32)CC1. The van der Waals surface area contributed by atoms with Gasteiger partial charge in [-0.3, -0.25) is 4.79 Å². The number of benzene rings is 1. The van der Waals surface area contributed by atoms with E-state index in [2.05, 4.69) is 34.3 Å². The third-order valence-corrected chi connectivity index (χ3v) is 4.26. The maximum atomic E-state index is 11.1. The Hall–Kier alpha value is -1.55. The molecule has 0 amide bonds. The molecule has 1 atom stereocenters. The largest absolute Gasteiger partial charge is 0.481 e. The van der Waals surface area contributed by atoms with Crippen molar-refractivity contribution < 1.29 is 9.90 Å². The number of rotatable bonds is 2. The van der Waals surface area contributed by atoms with Gasteiger partial charge < -0.3 is 10.1 Å². The number of carboxylic acids is 1. The molecule has 4 nitrogen and oxygen atoms in total. The highest BCUT2D eigenvalue weighted by molar-refractivity contribution is 5.70. The first-order valence-electron chi connectivity index (χ1n) is 7.09. The molecule has 3 rings (SSSR count). The summed E-state index contributed by atoms with van der Waals surface area (Å²) in [7, 11) is 0. The molecule has 2 heterocycles. The molecular formula is C15H20N2O2. The molecule has 4 heteroatoms.